The third-order valence-corrected chi connectivity index (χ3v) is 6.57. The molecule has 10 heteroatoms. The van der Waals surface area contributed by atoms with Gasteiger partial charge in [-0.25, -0.2) is 8.42 Å². The number of guanidine groups is 1. The Balaban J connectivity index is 0.00000338. The lowest BCUT2D eigenvalue weighted by atomic mass is 10.2. The molecule has 2 atom stereocenters. The van der Waals surface area contributed by atoms with Crippen LogP contribution < -0.4 is 10.6 Å². The van der Waals surface area contributed by atoms with Crippen molar-refractivity contribution in [1.29, 1.82) is 0 Å². The van der Waals surface area contributed by atoms with Crippen LogP contribution in [0.2, 0.25) is 0 Å². The summed E-state index contributed by atoms with van der Waals surface area (Å²) < 4.78 is 23.0. The Morgan fingerprint density at radius 1 is 1.31 bits per heavy atom. The molecule has 0 radical (unpaired) electrons. The van der Waals surface area contributed by atoms with Gasteiger partial charge in [-0.3, -0.25) is 14.7 Å². The van der Waals surface area contributed by atoms with Crippen molar-refractivity contribution in [1.82, 2.24) is 20.4 Å². The van der Waals surface area contributed by atoms with E-state index in [0.29, 0.717) is 12.4 Å². The van der Waals surface area contributed by atoms with E-state index in [1.54, 1.807) is 26.0 Å². The summed E-state index contributed by atoms with van der Waals surface area (Å²) in [6.07, 6.45) is 3.53. The van der Waals surface area contributed by atoms with E-state index in [0.717, 1.165) is 38.9 Å². The highest BCUT2D eigenvalue weighted by atomic mass is 127. The van der Waals surface area contributed by atoms with Gasteiger partial charge in [0.2, 0.25) is 5.91 Å². The largest absolute Gasteiger partial charge is 0.356 e. The van der Waals surface area contributed by atoms with Gasteiger partial charge >= 0.3 is 0 Å². The predicted molar refractivity (Wildman–Crippen MR) is 115 cm³/mol. The molecule has 0 saturated carbocycles. The molecule has 0 spiro atoms. The highest BCUT2D eigenvalue weighted by Crippen LogP contribution is 2.18. The molecule has 2 rings (SSSR count). The monoisotopic (exact) mass is 501 g/mol. The fourth-order valence-corrected chi connectivity index (χ4v) is 5.13. The zero-order valence-electron chi connectivity index (χ0n) is 15.9. The number of hydrogen-bond donors (Lipinski definition) is 2. The predicted octanol–water partition coefficient (Wildman–Crippen LogP) is -0.101. The van der Waals surface area contributed by atoms with E-state index in [-0.39, 0.29) is 53.5 Å². The van der Waals surface area contributed by atoms with Gasteiger partial charge in [0.25, 0.3) is 0 Å². The minimum absolute atomic E-state index is 0. The van der Waals surface area contributed by atoms with Gasteiger partial charge in [0.05, 0.1) is 17.5 Å². The summed E-state index contributed by atoms with van der Waals surface area (Å²) in [5.74, 6) is 1.25. The summed E-state index contributed by atoms with van der Waals surface area (Å²) in [7, 11) is 2.40. The number of sulfone groups is 1. The van der Waals surface area contributed by atoms with E-state index in [1.165, 1.54) is 0 Å². The van der Waals surface area contributed by atoms with E-state index in [9.17, 15) is 13.2 Å². The summed E-state index contributed by atoms with van der Waals surface area (Å²) in [6.45, 7) is 2.57. The van der Waals surface area contributed by atoms with Crippen LogP contribution in [-0.4, -0.2) is 94.5 Å². The first-order valence-electron chi connectivity index (χ1n) is 8.95. The van der Waals surface area contributed by atoms with Crippen molar-refractivity contribution in [2.24, 2.45) is 4.99 Å². The molecule has 2 unspecified atom stereocenters. The van der Waals surface area contributed by atoms with Crippen LogP contribution in [0.5, 0.6) is 0 Å². The van der Waals surface area contributed by atoms with Crippen molar-refractivity contribution in [3.63, 3.8) is 0 Å². The van der Waals surface area contributed by atoms with Crippen LogP contribution in [0.4, 0.5) is 0 Å². The standard InChI is InChI=1S/C16H31N5O3S.HI/c1-17-16(19-13-7-11-25(23,24)12-13)18-8-5-10-21-9-4-6-14(21)15(22)20(2)3;/h13-14H,4-12H2,1-3H3,(H2,17,18,19);1H. The molecule has 0 aliphatic carbocycles. The molecule has 2 fully saturated rings. The van der Waals surface area contributed by atoms with E-state index in [4.69, 9.17) is 0 Å². The van der Waals surface area contributed by atoms with Gasteiger partial charge in [-0.05, 0) is 32.2 Å². The van der Waals surface area contributed by atoms with Gasteiger partial charge < -0.3 is 15.5 Å². The van der Waals surface area contributed by atoms with Crippen LogP contribution in [0.1, 0.15) is 25.7 Å². The third-order valence-electron chi connectivity index (χ3n) is 4.80. The SMILES string of the molecule is CN=C(NCCCN1CCCC1C(=O)N(C)C)NC1CCS(=O)(=O)C1.I. The van der Waals surface area contributed by atoms with Crippen molar-refractivity contribution in [2.45, 2.75) is 37.8 Å². The minimum atomic E-state index is -2.89. The molecule has 0 bridgehead atoms. The molecule has 26 heavy (non-hydrogen) atoms. The topological polar surface area (TPSA) is 94.1 Å². The molecule has 2 heterocycles. The normalized spacial score (nSPS) is 25.6. The van der Waals surface area contributed by atoms with Crippen molar-refractivity contribution in [3.05, 3.63) is 0 Å². The number of rotatable bonds is 6. The van der Waals surface area contributed by atoms with E-state index < -0.39 is 9.84 Å². The van der Waals surface area contributed by atoms with Crippen LogP contribution in [0, 0.1) is 0 Å². The van der Waals surface area contributed by atoms with Gasteiger partial charge in [-0.15, -0.1) is 24.0 Å². The first-order chi connectivity index (χ1) is 11.8. The van der Waals surface area contributed by atoms with E-state index >= 15 is 0 Å². The first-order valence-corrected chi connectivity index (χ1v) is 10.8. The number of halogens is 1. The molecule has 2 N–H and O–H groups in total. The average Bonchev–Trinajstić information content (AvgIpc) is 3.15. The average molecular weight is 501 g/mol. The second kappa shape index (κ2) is 10.6. The van der Waals surface area contributed by atoms with Crippen LogP contribution in [-0.2, 0) is 14.6 Å². The van der Waals surface area contributed by atoms with E-state index in [1.807, 2.05) is 0 Å². The van der Waals surface area contributed by atoms with Crippen molar-refractivity contribution in [2.75, 3.05) is 52.3 Å². The number of hydrogen-bond acceptors (Lipinski definition) is 5. The van der Waals surface area contributed by atoms with Crippen molar-refractivity contribution >= 4 is 45.7 Å². The number of aliphatic imine (C=N–C) groups is 1. The number of nitrogens with zero attached hydrogens (tertiary/aromatic N) is 3. The lowest BCUT2D eigenvalue weighted by molar-refractivity contribution is -0.133. The highest BCUT2D eigenvalue weighted by Gasteiger charge is 2.31. The maximum atomic E-state index is 12.2. The number of nitrogens with one attached hydrogen (secondary N) is 2. The molecule has 0 aromatic rings. The molecule has 2 aliphatic rings. The number of carbonyl (C=O) groups excluding carboxylic acids is 1. The summed E-state index contributed by atoms with van der Waals surface area (Å²) in [5.41, 5.74) is 0. The molecule has 2 saturated heterocycles. The number of likely N-dealkylation sites (N-methyl/N-ethyl adjacent to an activating group) is 1. The second-order valence-corrected chi connectivity index (χ2v) is 9.25. The molecular weight excluding hydrogens is 469 g/mol. The summed E-state index contributed by atoms with van der Waals surface area (Å²) in [6, 6.07) is -0.0481. The summed E-state index contributed by atoms with van der Waals surface area (Å²) in [5, 5.41) is 6.41. The molecule has 0 aromatic heterocycles. The smallest absolute Gasteiger partial charge is 0.239 e. The maximum absolute atomic E-state index is 12.2. The van der Waals surface area contributed by atoms with Gasteiger partial charge in [0.1, 0.15) is 0 Å². The molecular formula is C16H32IN5O3S. The highest BCUT2D eigenvalue weighted by molar-refractivity contribution is 14.0. The Bertz CT molecular complexity index is 597. The Hall–Kier alpha value is -0.620. The Morgan fingerprint density at radius 3 is 2.62 bits per heavy atom. The van der Waals surface area contributed by atoms with Crippen molar-refractivity contribution in [3.8, 4) is 0 Å². The maximum Gasteiger partial charge on any atom is 0.239 e. The van der Waals surface area contributed by atoms with Gasteiger partial charge in [0.15, 0.2) is 15.8 Å². The lowest BCUT2D eigenvalue weighted by Gasteiger charge is -2.26. The Labute approximate surface area is 174 Å². The molecule has 2 aliphatic heterocycles. The van der Waals surface area contributed by atoms with Crippen LogP contribution in [0.15, 0.2) is 4.99 Å². The molecule has 8 nitrogen and oxygen atoms in total. The summed E-state index contributed by atoms with van der Waals surface area (Å²) >= 11 is 0. The zero-order chi connectivity index (χ0) is 18.4. The van der Waals surface area contributed by atoms with Gasteiger partial charge in [0, 0.05) is 40.3 Å². The fraction of sp³-hybridized carbons (Fsp3) is 0.875. The molecule has 1 amide bonds. The first kappa shape index (κ1) is 23.4. The van der Waals surface area contributed by atoms with E-state index in [2.05, 4.69) is 20.5 Å². The van der Waals surface area contributed by atoms with Crippen LogP contribution in [0.3, 0.4) is 0 Å². The Kier molecular flexibility index (Phi) is 9.59. The fourth-order valence-electron chi connectivity index (χ4n) is 3.46. The van der Waals surface area contributed by atoms with Gasteiger partial charge in [-0.1, -0.05) is 0 Å². The van der Waals surface area contributed by atoms with Crippen LogP contribution in [0.25, 0.3) is 0 Å². The minimum Gasteiger partial charge on any atom is -0.356 e. The van der Waals surface area contributed by atoms with Gasteiger partial charge in [-0.2, -0.15) is 0 Å². The number of carbonyl (C=O) groups is 1. The number of amides is 1. The third kappa shape index (κ3) is 6.84. The molecule has 0 aromatic carbocycles. The lowest BCUT2D eigenvalue weighted by Crippen LogP contribution is -2.45. The van der Waals surface area contributed by atoms with Crippen molar-refractivity contribution < 1.29 is 13.2 Å². The quantitative estimate of drug-likeness (QED) is 0.229. The van der Waals surface area contributed by atoms with Crippen LogP contribution >= 0.6 is 24.0 Å². The second-order valence-electron chi connectivity index (χ2n) is 7.02. The summed E-state index contributed by atoms with van der Waals surface area (Å²) in [4.78, 5) is 20.3. The molecule has 152 valence electrons. The Morgan fingerprint density at radius 2 is 2.04 bits per heavy atom. The number of likely N-dealkylation sites (tertiary alicyclic amines) is 1. The zero-order valence-corrected chi connectivity index (χ0v) is 19.0.